The molecule has 3 rings (SSSR count). The van der Waals surface area contributed by atoms with Gasteiger partial charge in [0.25, 0.3) is 5.56 Å². The largest absolute Gasteiger partial charge is 0.417 e. The normalized spacial score (nSPS) is 15.0. The van der Waals surface area contributed by atoms with Gasteiger partial charge < -0.3 is 14.8 Å². The highest BCUT2D eigenvalue weighted by Crippen LogP contribution is 2.29. The van der Waals surface area contributed by atoms with Crippen LogP contribution in [0, 0.1) is 5.82 Å². The summed E-state index contributed by atoms with van der Waals surface area (Å²) >= 11 is 5.61. The van der Waals surface area contributed by atoms with Crippen molar-refractivity contribution in [1.29, 1.82) is 0 Å². The zero-order valence-electron chi connectivity index (χ0n) is 16.7. The molecule has 32 heavy (non-hydrogen) atoms. The Morgan fingerprint density at radius 2 is 1.66 bits per heavy atom. The first-order chi connectivity index (χ1) is 15.0. The van der Waals surface area contributed by atoms with Crippen LogP contribution in [0.2, 0.25) is 5.02 Å². The zero-order chi connectivity index (χ0) is 23.5. The smallest absolute Gasteiger partial charge is 0.339 e. The van der Waals surface area contributed by atoms with Crippen LogP contribution in [0.25, 0.3) is 0 Å². The van der Waals surface area contributed by atoms with Gasteiger partial charge in [-0.3, -0.25) is 19.3 Å². The third kappa shape index (κ3) is 6.07. The molecule has 0 spiro atoms. The second kappa shape index (κ2) is 9.70. The summed E-state index contributed by atoms with van der Waals surface area (Å²) in [5, 5.41) is 2.02. The van der Waals surface area contributed by atoms with E-state index in [1.54, 1.807) is 4.90 Å². The predicted octanol–water partition coefficient (Wildman–Crippen LogP) is 2.44. The van der Waals surface area contributed by atoms with Crippen molar-refractivity contribution in [2.45, 2.75) is 12.7 Å². The Morgan fingerprint density at radius 3 is 2.25 bits per heavy atom. The number of piperazine rings is 1. The van der Waals surface area contributed by atoms with Crippen molar-refractivity contribution in [3.05, 3.63) is 63.3 Å². The van der Waals surface area contributed by atoms with E-state index in [9.17, 15) is 31.9 Å². The minimum absolute atomic E-state index is 0.0576. The fraction of sp³-hybridized carbons (Fsp3) is 0.350. The maximum atomic E-state index is 13.0. The number of rotatable bonds is 5. The van der Waals surface area contributed by atoms with Gasteiger partial charge in [-0.25, -0.2) is 4.39 Å². The Bertz CT molecular complexity index is 1050. The number of hydrogen-bond donors (Lipinski definition) is 1. The number of carbonyl (C=O) groups excluding carboxylic acids is 2. The SMILES string of the molecule is O=C(CN1CCN(C(=O)Cn2cc(C(F)(F)F)cc(Cl)c2=O)CC1)Nc1ccc(F)cc1. The second-order valence-corrected chi connectivity index (χ2v) is 7.63. The summed E-state index contributed by atoms with van der Waals surface area (Å²) < 4.78 is 52.4. The standard InChI is InChI=1S/C20H19ClF4N4O3/c21-16-9-13(20(23,24)25)10-29(19(16)32)12-18(31)28-7-5-27(6-8-28)11-17(30)26-15-3-1-14(22)2-4-15/h1-4,9-10H,5-8,11-12H2,(H,26,30). The Labute approximate surface area is 185 Å². The van der Waals surface area contributed by atoms with Crippen LogP contribution in [-0.2, 0) is 22.3 Å². The Kier molecular flexibility index (Phi) is 7.19. The highest BCUT2D eigenvalue weighted by Gasteiger charge is 2.32. The quantitative estimate of drug-likeness (QED) is 0.676. The third-order valence-corrected chi connectivity index (χ3v) is 5.17. The van der Waals surface area contributed by atoms with E-state index in [1.807, 2.05) is 0 Å². The molecule has 1 aromatic heterocycles. The second-order valence-electron chi connectivity index (χ2n) is 7.22. The van der Waals surface area contributed by atoms with Gasteiger partial charge in [0.15, 0.2) is 0 Å². The van der Waals surface area contributed by atoms with E-state index in [1.165, 1.54) is 29.2 Å². The molecule has 0 saturated carbocycles. The molecule has 0 unspecified atom stereocenters. The average molecular weight is 475 g/mol. The molecular formula is C20H19ClF4N4O3. The van der Waals surface area contributed by atoms with Gasteiger partial charge in [-0.05, 0) is 30.3 Å². The lowest BCUT2D eigenvalue weighted by molar-refractivity contribution is -0.139. The first-order valence-corrected chi connectivity index (χ1v) is 9.93. The lowest BCUT2D eigenvalue weighted by Crippen LogP contribution is -2.51. The van der Waals surface area contributed by atoms with Crippen molar-refractivity contribution in [2.24, 2.45) is 0 Å². The Balaban J connectivity index is 1.53. The molecule has 2 heterocycles. The first kappa shape index (κ1) is 23.7. The monoisotopic (exact) mass is 474 g/mol. The topological polar surface area (TPSA) is 74.7 Å². The number of halogens is 5. The maximum Gasteiger partial charge on any atom is 0.417 e. The van der Waals surface area contributed by atoms with Crippen LogP contribution in [-0.4, -0.2) is 58.9 Å². The van der Waals surface area contributed by atoms with E-state index < -0.39 is 40.6 Å². The van der Waals surface area contributed by atoms with E-state index >= 15 is 0 Å². The van der Waals surface area contributed by atoms with Gasteiger partial charge in [0.1, 0.15) is 17.4 Å². The molecule has 2 amide bonds. The van der Waals surface area contributed by atoms with E-state index in [0.29, 0.717) is 35.6 Å². The molecule has 1 fully saturated rings. The minimum Gasteiger partial charge on any atom is -0.339 e. The molecule has 0 aliphatic carbocycles. The minimum atomic E-state index is -4.71. The maximum absolute atomic E-state index is 13.0. The number of pyridine rings is 1. The molecule has 0 atom stereocenters. The summed E-state index contributed by atoms with van der Waals surface area (Å²) in [6.07, 6.45) is -4.13. The summed E-state index contributed by atoms with van der Waals surface area (Å²) in [7, 11) is 0. The molecule has 1 aromatic carbocycles. The summed E-state index contributed by atoms with van der Waals surface area (Å²) in [5.74, 6) is -1.25. The summed E-state index contributed by atoms with van der Waals surface area (Å²) in [4.78, 5) is 39.9. The van der Waals surface area contributed by atoms with Crippen LogP contribution < -0.4 is 10.9 Å². The van der Waals surface area contributed by atoms with Crippen molar-refractivity contribution >= 4 is 29.1 Å². The molecule has 2 aromatic rings. The van der Waals surface area contributed by atoms with Crippen LogP contribution >= 0.6 is 11.6 Å². The molecule has 1 saturated heterocycles. The fourth-order valence-corrected chi connectivity index (χ4v) is 3.44. The molecule has 1 N–H and O–H groups in total. The molecular weight excluding hydrogens is 456 g/mol. The van der Waals surface area contributed by atoms with E-state index in [0.717, 1.165) is 0 Å². The molecule has 0 bridgehead atoms. The number of alkyl halides is 3. The Hall–Kier alpha value is -2.92. The molecule has 0 radical (unpaired) electrons. The number of nitrogens with zero attached hydrogens (tertiary/aromatic N) is 3. The molecule has 1 aliphatic rings. The highest BCUT2D eigenvalue weighted by molar-refractivity contribution is 6.30. The Morgan fingerprint density at radius 1 is 1.03 bits per heavy atom. The van der Waals surface area contributed by atoms with Gasteiger partial charge in [0, 0.05) is 38.1 Å². The van der Waals surface area contributed by atoms with Gasteiger partial charge in [-0.15, -0.1) is 0 Å². The van der Waals surface area contributed by atoms with Gasteiger partial charge in [0.05, 0.1) is 12.1 Å². The van der Waals surface area contributed by atoms with E-state index in [-0.39, 0.29) is 25.5 Å². The highest BCUT2D eigenvalue weighted by atomic mass is 35.5. The average Bonchev–Trinajstić information content (AvgIpc) is 2.72. The number of amides is 2. The lowest BCUT2D eigenvalue weighted by atomic mass is 10.2. The number of aromatic nitrogens is 1. The molecule has 12 heteroatoms. The molecule has 1 aliphatic heterocycles. The number of nitrogens with one attached hydrogen (secondary N) is 1. The summed E-state index contributed by atoms with van der Waals surface area (Å²) in [6.45, 7) is 0.686. The predicted molar refractivity (Wildman–Crippen MR) is 109 cm³/mol. The van der Waals surface area contributed by atoms with E-state index in [2.05, 4.69) is 5.32 Å². The number of anilines is 1. The number of carbonyl (C=O) groups is 2. The van der Waals surface area contributed by atoms with Crippen molar-refractivity contribution in [3.8, 4) is 0 Å². The zero-order valence-corrected chi connectivity index (χ0v) is 17.4. The van der Waals surface area contributed by atoms with Crippen molar-refractivity contribution in [2.75, 3.05) is 38.0 Å². The van der Waals surface area contributed by atoms with E-state index in [4.69, 9.17) is 11.6 Å². The van der Waals surface area contributed by atoms with Gasteiger partial charge in [-0.2, -0.15) is 13.2 Å². The fourth-order valence-electron chi connectivity index (χ4n) is 3.21. The van der Waals surface area contributed by atoms with Crippen LogP contribution in [0.15, 0.2) is 41.3 Å². The van der Waals surface area contributed by atoms with Crippen molar-refractivity contribution < 1.29 is 27.2 Å². The molecule has 172 valence electrons. The van der Waals surface area contributed by atoms with Crippen molar-refractivity contribution in [3.63, 3.8) is 0 Å². The first-order valence-electron chi connectivity index (χ1n) is 9.55. The van der Waals surface area contributed by atoms with Crippen LogP contribution in [0.1, 0.15) is 5.56 Å². The van der Waals surface area contributed by atoms with Gasteiger partial charge >= 0.3 is 6.18 Å². The summed E-state index contributed by atoms with van der Waals surface area (Å²) in [5.41, 5.74) is -1.55. The summed E-state index contributed by atoms with van der Waals surface area (Å²) in [6, 6.07) is 5.85. The molecule has 7 nitrogen and oxygen atoms in total. The van der Waals surface area contributed by atoms with Crippen LogP contribution in [0.4, 0.5) is 23.2 Å². The van der Waals surface area contributed by atoms with Crippen molar-refractivity contribution in [1.82, 2.24) is 14.4 Å². The number of hydrogen-bond acceptors (Lipinski definition) is 4. The van der Waals surface area contributed by atoms with Gasteiger partial charge in [-0.1, -0.05) is 11.6 Å². The number of benzene rings is 1. The van der Waals surface area contributed by atoms with Gasteiger partial charge in [0.2, 0.25) is 11.8 Å². The van der Waals surface area contributed by atoms with Crippen LogP contribution in [0.5, 0.6) is 0 Å². The third-order valence-electron chi connectivity index (χ3n) is 4.90. The van der Waals surface area contributed by atoms with Crippen LogP contribution in [0.3, 0.4) is 0 Å². The lowest BCUT2D eigenvalue weighted by Gasteiger charge is -2.34.